The molecule has 0 saturated heterocycles. The molecule has 0 nitrogen and oxygen atoms in total. The summed E-state index contributed by atoms with van der Waals surface area (Å²) in [6, 6.07) is 16.1. The van der Waals surface area contributed by atoms with E-state index in [-0.39, 0.29) is 0 Å². The maximum absolute atomic E-state index is 2.98. The van der Waals surface area contributed by atoms with Gasteiger partial charge < -0.3 is 0 Å². The third kappa shape index (κ3) is 3.40. The van der Waals surface area contributed by atoms with E-state index in [9.17, 15) is 0 Å². The van der Waals surface area contributed by atoms with Crippen molar-refractivity contribution in [1.82, 2.24) is 0 Å². The van der Waals surface area contributed by atoms with Crippen molar-refractivity contribution < 1.29 is 20.0 Å². The van der Waals surface area contributed by atoms with Crippen LogP contribution in [0.4, 0.5) is 0 Å². The van der Waals surface area contributed by atoms with E-state index < -0.39 is 20.0 Å². The Morgan fingerprint density at radius 1 is 0.788 bits per heavy atom. The molecule has 0 saturated carbocycles. The normalized spacial score (nSPS) is 19.6. The molecule has 0 N–H and O–H groups in total. The molecule has 0 atom stereocenters. The van der Waals surface area contributed by atoms with Crippen molar-refractivity contribution in [3.05, 3.63) is 95.9 Å². The van der Waals surface area contributed by atoms with E-state index in [1.807, 2.05) is 3.33 Å². The molecular weight excluding hydrogens is 563 g/mol. The summed E-state index contributed by atoms with van der Waals surface area (Å²) in [6.45, 7) is 12.2. The molecule has 5 rings (SSSR count). The average molecular weight is 603 g/mol. The van der Waals surface area contributed by atoms with Gasteiger partial charge in [-0.3, -0.25) is 0 Å². The standard InChI is InChI=1S/C20H19.C10H15.2CH3.Hf/c1-2-5-15(6-3-1)9-10-17-13-14-18-12-11-16-7-4-8-19(16)20(17)18;1-6-7(2)9(4)10(5)8(6)3;;;/h1-3,5-6,11-12H,4,7-10,14H2;1-5H3;2*1H3;. The van der Waals surface area contributed by atoms with Crippen LogP contribution in [0.25, 0.3) is 5.57 Å². The Hall–Kier alpha value is -1.47. The molecule has 0 fully saturated rings. The van der Waals surface area contributed by atoms with Crippen LogP contribution in [0.15, 0.2) is 68.1 Å². The van der Waals surface area contributed by atoms with E-state index in [4.69, 9.17) is 0 Å². The van der Waals surface area contributed by atoms with Crippen LogP contribution in [-0.2, 0) is 45.7 Å². The number of aryl methyl sites for hydroxylation is 2. The van der Waals surface area contributed by atoms with Crippen LogP contribution in [0.2, 0.25) is 12.5 Å². The van der Waals surface area contributed by atoms with Crippen molar-refractivity contribution in [2.75, 3.05) is 0 Å². The molecule has 33 heavy (non-hydrogen) atoms. The molecule has 0 spiro atoms. The minimum absolute atomic E-state index is 0.291. The predicted molar refractivity (Wildman–Crippen MR) is 141 cm³/mol. The minimum atomic E-state index is -2.98. The second kappa shape index (κ2) is 8.33. The zero-order valence-corrected chi connectivity index (χ0v) is 25.4. The second-order valence-corrected chi connectivity index (χ2v) is 28.9. The Kier molecular flexibility index (Phi) is 5.88. The average Bonchev–Trinajstić information content (AvgIpc) is 3.48. The van der Waals surface area contributed by atoms with Gasteiger partial charge in [0.05, 0.1) is 0 Å². The van der Waals surface area contributed by atoms with Gasteiger partial charge in [-0.05, 0) is 0 Å². The number of benzene rings is 2. The van der Waals surface area contributed by atoms with Crippen LogP contribution >= 0.6 is 0 Å². The summed E-state index contributed by atoms with van der Waals surface area (Å²) in [7, 11) is 0. The molecule has 0 aliphatic heterocycles. The Morgan fingerprint density at radius 2 is 1.42 bits per heavy atom. The van der Waals surface area contributed by atoms with E-state index in [1.165, 1.54) is 37.7 Å². The van der Waals surface area contributed by atoms with E-state index in [2.05, 4.69) is 86.4 Å². The van der Waals surface area contributed by atoms with Crippen molar-refractivity contribution in [3.63, 3.8) is 0 Å². The SMILES string of the molecule is CC1=C(C)[C](C)([Hf]([CH3])([CH3])[C]2=C(CCc3ccccc3)c3c(ccc4c3CCC4)C2)C(C)=C1C. The maximum atomic E-state index is 2.76. The topological polar surface area (TPSA) is 0 Å². The number of rotatable bonds is 5. The van der Waals surface area contributed by atoms with E-state index >= 15 is 0 Å². The Balaban J connectivity index is 1.66. The molecule has 2 aromatic carbocycles. The van der Waals surface area contributed by atoms with Gasteiger partial charge in [0.15, 0.2) is 0 Å². The van der Waals surface area contributed by atoms with Gasteiger partial charge in [-0.1, -0.05) is 0 Å². The molecule has 2 aromatic rings. The molecule has 0 heterocycles. The van der Waals surface area contributed by atoms with Crippen LogP contribution in [0.1, 0.15) is 75.3 Å². The van der Waals surface area contributed by atoms with Crippen LogP contribution in [-0.4, -0.2) is 0 Å². The van der Waals surface area contributed by atoms with Gasteiger partial charge in [-0.2, -0.15) is 0 Å². The van der Waals surface area contributed by atoms with E-state index in [0.717, 1.165) is 6.42 Å². The molecule has 0 radical (unpaired) electrons. The molecule has 3 aliphatic rings. The quantitative estimate of drug-likeness (QED) is 0.299. The van der Waals surface area contributed by atoms with Crippen molar-refractivity contribution in [1.29, 1.82) is 0 Å². The first-order chi connectivity index (χ1) is 15.7. The molecule has 0 aromatic heterocycles. The summed E-state index contributed by atoms with van der Waals surface area (Å²) in [5, 5.41) is 0. The summed E-state index contributed by atoms with van der Waals surface area (Å²) in [6.07, 6.45) is 7.47. The van der Waals surface area contributed by atoms with Gasteiger partial charge in [0.1, 0.15) is 0 Å². The summed E-state index contributed by atoms with van der Waals surface area (Å²) in [5.74, 6) is 0. The molecule has 0 bridgehead atoms. The first kappa shape index (κ1) is 23.3. The molecule has 0 unspecified atom stereocenters. The molecule has 0 amide bonds. The van der Waals surface area contributed by atoms with Crippen molar-refractivity contribution in [2.24, 2.45) is 0 Å². The number of hydrogen-bond donors (Lipinski definition) is 0. The molecule has 172 valence electrons. The van der Waals surface area contributed by atoms with Crippen molar-refractivity contribution in [2.45, 2.75) is 85.7 Å². The number of fused-ring (bicyclic) bond motifs is 3. The predicted octanol–water partition coefficient (Wildman–Crippen LogP) is 9.19. The summed E-state index contributed by atoms with van der Waals surface area (Å²) in [4.78, 5) is 0. The van der Waals surface area contributed by atoms with E-state index in [1.54, 1.807) is 50.1 Å². The van der Waals surface area contributed by atoms with Gasteiger partial charge in [0, 0.05) is 0 Å². The zero-order chi connectivity index (χ0) is 23.5. The Labute approximate surface area is 206 Å². The fraction of sp³-hybridized carbons (Fsp3) is 0.438. The van der Waals surface area contributed by atoms with Crippen LogP contribution in [0.5, 0.6) is 0 Å². The first-order valence-electron chi connectivity index (χ1n) is 12.9. The van der Waals surface area contributed by atoms with E-state index in [0.29, 0.717) is 3.17 Å². The van der Waals surface area contributed by atoms with Gasteiger partial charge >= 0.3 is 207 Å². The van der Waals surface area contributed by atoms with Gasteiger partial charge in [0.25, 0.3) is 0 Å². The fourth-order valence-electron chi connectivity index (χ4n) is 7.31. The Morgan fingerprint density at radius 3 is 2.09 bits per heavy atom. The summed E-state index contributed by atoms with van der Waals surface area (Å²) in [5.41, 5.74) is 16.4. The third-order valence-corrected chi connectivity index (χ3v) is 28.9. The monoisotopic (exact) mass is 604 g/mol. The second-order valence-electron chi connectivity index (χ2n) is 11.5. The van der Waals surface area contributed by atoms with Crippen LogP contribution in [0.3, 0.4) is 0 Å². The van der Waals surface area contributed by atoms with Gasteiger partial charge in [0.2, 0.25) is 0 Å². The summed E-state index contributed by atoms with van der Waals surface area (Å²) < 4.78 is 7.73. The van der Waals surface area contributed by atoms with Gasteiger partial charge in [-0.25, -0.2) is 0 Å². The first-order valence-corrected chi connectivity index (χ1v) is 23.7. The van der Waals surface area contributed by atoms with Crippen LogP contribution < -0.4 is 0 Å². The Bertz CT molecular complexity index is 1190. The number of hydrogen-bond acceptors (Lipinski definition) is 0. The third-order valence-electron chi connectivity index (χ3n) is 10.1. The van der Waals surface area contributed by atoms with Crippen molar-refractivity contribution >= 4 is 5.57 Å². The van der Waals surface area contributed by atoms with Crippen LogP contribution in [0, 0.1) is 0 Å². The molecule has 1 heteroatoms. The fourth-order valence-corrected chi connectivity index (χ4v) is 23.4. The summed E-state index contributed by atoms with van der Waals surface area (Å²) >= 11 is -2.98. The van der Waals surface area contributed by atoms with Gasteiger partial charge in [-0.15, -0.1) is 0 Å². The molecule has 3 aliphatic carbocycles. The number of allylic oxidation sites excluding steroid dienone is 6. The molecular formula is C32H40Hf. The van der Waals surface area contributed by atoms with Crippen molar-refractivity contribution in [3.8, 4) is 0 Å². The zero-order valence-electron chi connectivity index (χ0n) is 21.8.